The Labute approximate surface area is 214 Å². The van der Waals surface area contributed by atoms with Crippen molar-refractivity contribution >= 4 is 5.91 Å². The van der Waals surface area contributed by atoms with Gasteiger partial charge in [0.15, 0.2) is 0 Å². The van der Waals surface area contributed by atoms with Crippen LogP contribution in [0.15, 0.2) is 24.3 Å². The Hall–Kier alpha value is -2.55. The number of ether oxygens (including phenoxy) is 1. The summed E-state index contributed by atoms with van der Waals surface area (Å²) in [5.41, 5.74) is 1.37. The third kappa shape index (κ3) is 6.13. The Morgan fingerprint density at radius 2 is 1.86 bits per heavy atom. The zero-order valence-corrected chi connectivity index (χ0v) is 21.1. The van der Waals surface area contributed by atoms with Gasteiger partial charge in [-0.3, -0.25) is 4.79 Å². The maximum atomic E-state index is 14.2. The average Bonchev–Trinajstić information content (AvgIpc) is 3.72. The lowest BCUT2D eigenvalue weighted by Crippen LogP contribution is -2.40. The quantitative estimate of drug-likeness (QED) is 0.447. The van der Waals surface area contributed by atoms with E-state index in [1.165, 1.54) is 6.07 Å². The van der Waals surface area contributed by atoms with Gasteiger partial charge in [0.2, 0.25) is 0 Å². The van der Waals surface area contributed by atoms with Gasteiger partial charge >= 0.3 is 6.18 Å². The molecule has 0 N–H and O–H groups in total. The monoisotopic (exact) mass is 519 g/mol. The summed E-state index contributed by atoms with van der Waals surface area (Å²) < 4.78 is 59.1. The highest BCUT2D eigenvalue weighted by molar-refractivity contribution is 5.94. The average molecular weight is 520 g/mol. The maximum Gasteiger partial charge on any atom is 0.416 e. The van der Waals surface area contributed by atoms with Gasteiger partial charge in [0, 0.05) is 37.6 Å². The van der Waals surface area contributed by atoms with Crippen LogP contribution in [-0.4, -0.2) is 53.2 Å². The summed E-state index contributed by atoms with van der Waals surface area (Å²) in [5.74, 6) is 1.07. The molecule has 3 aliphatic rings. The Morgan fingerprint density at radius 3 is 2.54 bits per heavy atom. The highest BCUT2D eigenvalue weighted by Crippen LogP contribution is 2.39. The zero-order valence-electron chi connectivity index (χ0n) is 21.1. The van der Waals surface area contributed by atoms with Crippen LogP contribution in [0.2, 0.25) is 0 Å². The van der Waals surface area contributed by atoms with E-state index in [4.69, 9.17) is 4.74 Å². The number of piperidine rings is 1. The summed E-state index contributed by atoms with van der Waals surface area (Å²) in [7, 11) is 0. The van der Waals surface area contributed by atoms with Crippen molar-refractivity contribution in [2.24, 2.45) is 11.8 Å². The molecule has 1 aromatic heterocycles. The van der Waals surface area contributed by atoms with E-state index < -0.39 is 17.9 Å². The van der Waals surface area contributed by atoms with E-state index in [2.05, 4.69) is 9.97 Å². The molecule has 2 saturated heterocycles. The van der Waals surface area contributed by atoms with E-state index in [9.17, 15) is 22.4 Å². The SMILES string of the molecule is Cc1c(Cc2cccc(C(F)(F)F)c2)nc(C2CC2)nc1C(=O)N1CCC(C[C@H]2CCOC[C@H]2F)CC1. The summed E-state index contributed by atoms with van der Waals surface area (Å²) >= 11 is 0. The van der Waals surface area contributed by atoms with E-state index in [1.54, 1.807) is 13.0 Å². The van der Waals surface area contributed by atoms with Crippen molar-refractivity contribution in [2.75, 3.05) is 26.3 Å². The first-order valence-electron chi connectivity index (χ1n) is 13.2. The Kier molecular flexibility index (Phi) is 7.52. The second kappa shape index (κ2) is 10.7. The number of nitrogens with zero attached hydrogens (tertiary/aromatic N) is 3. The zero-order chi connectivity index (χ0) is 26.2. The number of hydrogen-bond acceptors (Lipinski definition) is 4. The van der Waals surface area contributed by atoms with E-state index in [0.717, 1.165) is 50.7 Å². The highest BCUT2D eigenvalue weighted by Gasteiger charge is 2.34. The predicted octanol–water partition coefficient (Wildman–Crippen LogP) is 5.89. The summed E-state index contributed by atoms with van der Waals surface area (Å²) in [4.78, 5) is 24.7. The number of hydrogen-bond donors (Lipinski definition) is 0. The number of aromatic nitrogens is 2. The van der Waals surface area contributed by atoms with Crippen LogP contribution in [-0.2, 0) is 17.3 Å². The fourth-order valence-electron chi connectivity index (χ4n) is 5.50. The van der Waals surface area contributed by atoms with Crippen LogP contribution < -0.4 is 0 Å². The molecule has 3 fully saturated rings. The van der Waals surface area contributed by atoms with E-state index in [1.807, 2.05) is 4.90 Å². The molecule has 2 atom stereocenters. The van der Waals surface area contributed by atoms with Crippen molar-refractivity contribution in [1.29, 1.82) is 0 Å². The number of halogens is 4. The van der Waals surface area contributed by atoms with Gasteiger partial charge in [0.25, 0.3) is 5.91 Å². The second-order valence-electron chi connectivity index (χ2n) is 10.8. The highest BCUT2D eigenvalue weighted by atomic mass is 19.4. The lowest BCUT2D eigenvalue weighted by molar-refractivity contribution is -0.137. The van der Waals surface area contributed by atoms with Crippen LogP contribution in [0.5, 0.6) is 0 Å². The number of carbonyl (C=O) groups excluding carboxylic acids is 1. The minimum atomic E-state index is -4.42. The molecule has 3 heterocycles. The molecule has 1 aliphatic carbocycles. The number of benzene rings is 1. The first-order chi connectivity index (χ1) is 17.7. The number of alkyl halides is 4. The molecule has 5 rings (SSSR count). The molecule has 37 heavy (non-hydrogen) atoms. The molecule has 0 radical (unpaired) electrons. The smallest absolute Gasteiger partial charge is 0.378 e. The van der Waals surface area contributed by atoms with Crippen molar-refractivity contribution in [3.05, 3.63) is 58.2 Å². The molecule has 0 spiro atoms. The summed E-state index contributed by atoms with van der Waals surface area (Å²) in [6.07, 6.45) is 0.00630. The summed E-state index contributed by atoms with van der Waals surface area (Å²) in [5, 5.41) is 0. The van der Waals surface area contributed by atoms with Crippen molar-refractivity contribution in [3.63, 3.8) is 0 Å². The lowest BCUT2D eigenvalue weighted by atomic mass is 9.83. The Balaban J connectivity index is 1.31. The fraction of sp³-hybridized carbons (Fsp3) is 0.607. The number of rotatable bonds is 6. The normalized spacial score (nSPS) is 23.3. The van der Waals surface area contributed by atoms with Crippen LogP contribution in [0.4, 0.5) is 17.6 Å². The van der Waals surface area contributed by atoms with Gasteiger partial charge in [-0.1, -0.05) is 18.2 Å². The topological polar surface area (TPSA) is 55.3 Å². The van der Waals surface area contributed by atoms with Crippen LogP contribution in [0.25, 0.3) is 0 Å². The van der Waals surface area contributed by atoms with Crippen LogP contribution in [0.1, 0.15) is 83.1 Å². The van der Waals surface area contributed by atoms with Gasteiger partial charge in [0.05, 0.1) is 17.9 Å². The largest absolute Gasteiger partial charge is 0.416 e. The van der Waals surface area contributed by atoms with Gasteiger partial charge < -0.3 is 9.64 Å². The van der Waals surface area contributed by atoms with E-state index in [0.29, 0.717) is 54.0 Å². The lowest BCUT2D eigenvalue weighted by Gasteiger charge is -2.35. The fourth-order valence-corrected chi connectivity index (χ4v) is 5.50. The van der Waals surface area contributed by atoms with Gasteiger partial charge in [-0.2, -0.15) is 13.2 Å². The van der Waals surface area contributed by atoms with Crippen molar-refractivity contribution in [1.82, 2.24) is 14.9 Å². The molecule has 1 aromatic carbocycles. The minimum absolute atomic E-state index is 0.0321. The number of likely N-dealkylation sites (tertiary alicyclic amines) is 1. The molecule has 0 bridgehead atoms. The van der Waals surface area contributed by atoms with Crippen molar-refractivity contribution in [2.45, 2.75) is 70.1 Å². The molecule has 9 heteroatoms. The molecular weight excluding hydrogens is 486 g/mol. The van der Waals surface area contributed by atoms with E-state index in [-0.39, 0.29) is 30.8 Å². The first-order valence-corrected chi connectivity index (χ1v) is 13.2. The number of amides is 1. The van der Waals surface area contributed by atoms with Gasteiger partial charge in [0.1, 0.15) is 17.7 Å². The summed E-state index contributed by atoms with van der Waals surface area (Å²) in [6.45, 7) is 3.76. The third-order valence-electron chi connectivity index (χ3n) is 7.99. The van der Waals surface area contributed by atoms with Gasteiger partial charge in [-0.05, 0) is 68.9 Å². The van der Waals surface area contributed by atoms with Gasteiger partial charge in [-0.25, -0.2) is 14.4 Å². The van der Waals surface area contributed by atoms with Crippen LogP contribution >= 0.6 is 0 Å². The molecule has 5 nitrogen and oxygen atoms in total. The molecule has 200 valence electrons. The molecule has 2 aromatic rings. The minimum Gasteiger partial charge on any atom is -0.378 e. The Bertz CT molecular complexity index is 1130. The first kappa shape index (κ1) is 26.1. The molecular formula is C28H33F4N3O2. The third-order valence-corrected chi connectivity index (χ3v) is 7.99. The summed E-state index contributed by atoms with van der Waals surface area (Å²) in [6, 6.07) is 5.25. The Morgan fingerprint density at radius 1 is 1.11 bits per heavy atom. The molecule has 1 saturated carbocycles. The molecule has 1 amide bonds. The van der Waals surface area contributed by atoms with Crippen LogP contribution in [0.3, 0.4) is 0 Å². The second-order valence-corrected chi connectivity index (χ2v) is 10.8. The predicted molar refractivity (Wildman–Crippen MR) is 130 cm³/mol. The maximum absolute atomic E-state index is 14.2. The van der Waals surface area contributed by atoms with Crippen molar-refractivity contribution in [3.8, 4) is 0 Å². The standard InChI is InChI=1S/C28H33F4N3O2/c1-17-24(15-19-3-2-4-22(14-19)28(30,31)32)33-26(20-5-6-20)34-25(17)27(36)35-10-7-18(8-11-35)13-21-9-12-37-16-23(21)29/h2-4,14,18,20-21,23H,5-13,15-16H2,1H3/t21-,23-/m1/s1. The molecule has 0 unspecified atom stereocenters. The van der Waals surface area contributed by atoms with Crippen molar-refractivity contribution < 1.29 is 27.1 Å². The molecule has 2 aliphatic heterocycles. The van der Waals surface area contributed by atoms with Gasteiger partial charge in [-0.15, -0.1) is 0 Å². The number of carbonyl (C=O) groups is 1. The van der Waals surface area contributed by atoms with E-state index >= 15 is 0 Å². The van der Waals surface area contributed by atoms with Crippen LogP contribution in [0, 0.1) is 18.8 Å².